The highest BCUT2D eigenvalue weighted by atomic mass is 16.5. The van der Waals surface area contributed by atoms with E-state index < -0.39 is 5.41 Å². The molecule has 0 aromatic rings. The van der Waals surface area contributed by atoms with Crippen LogP contribution in [-0.2, 0) is 9.53 Å². The van der Waals surface area contributed by atoms with Crippen LogP contribution in [0.4, 0.5) is 0 Å². The molecule has 0 bridgehead atoms. The summed E-state index contributed by atoms with van der Waals surface area (Å²) in [5.74, 6) is 1.31. The summed E-state index contributed by atoms with van der Waals surface area (Å²) in [6.07, 6.45) is 4.79. The van der Waals surface area contributed by atoms with Gasteiger partial charge in [0.25, 0.3) is 0 Å². The SMILES string of the molecule is CCC(CC)(CN)C(=O)OC1CCC(C)C(C)C1. The molecule has 1 fully saturated rings. The Hall–Kier alpha value is -0.570. The van der Waals surface area contributed by atoms with Crippen LogP contribution in [0.1, 0.15) is 59.8 Å². The van der Waals surface area contributed by atoms with Gasteiger partial charge in [-0.15, -0.1) is 0 Å². The van der Waals surface area contributed by atoms with Gasteiger partial charge in [0, 0.05) is 6.54 Å². The number of carbonyl (C=O) groups is 1. The van der Waals surface area contributed by atoms with E-state index in [-0.39, 0.29) is 12.1 Å². The molecule has 0 spiro atoms. The molecule has 106 valence electrons. The summed E-state index contributed by atoms with van der Waals surface area (Å²) in [5.41, 5.74) is 5.32. The van der Waals surface area contributed by atoms with Crippen molar-refractivity contribution in [2.45, 2.75) is 65.9 Å². The van der Waals surface area contributed by atoms with Crippen molar-refractivity contribution in [3.63, 3.8) is 0 Å². The molecular formula is C15H29NO2. The van der Waals surface area contributed by atoms with Gasteiger partial charge in [-0.1, -0.05) is 27.7 Å². The molecule has 3 nitrogen and oxygen atoms in total. The van der Waals surface area contributed by atoms with Gasteiger partial charge in [-0.2, -0.15) is 0 Å². The predicted octanol–water partition coefficient (Wildman–Crippen LogP) is 3.12. The van der Waals surface area contributed by atoms with E-state index in [2.05, 4.69) is 13.8 Å². The second-order valence-electron chi connectivity index (χ2n) is 5.99. The molecule has 3 heteroatoms. The second kappa shape index (κ2) is 6.55. The fourth-order valence-corrected chi connectivity index (χ4v) is 2.79. The highest BCUT2D eigenvalue weighted by Gasteiger charge is 2.37. The lowest BCUT2D eigenvalue weighted by atomic mass is 9.79. The van der Waals surface area contributed by atoms with Gasteiger partial charge in [0.2, 0.25) is 0 Å². The van der Waals surface area contributed by atoms with Crippen LogP contribution >= 0.6 is 0 Å². The lowest BCUT2D eigenvalue weighted by Crippen LogP contribution is -2.41. The van der Waals surface area contributed by atoms with E-state index >= 15 is 0 Å². The lowest BCUT2D eigenvalue weighted by molar-refractivity contribution is -0.164. The molecule has 0 aromatic carbocycles. The first-order chi connectivity index (χ1) is 8.49. The second-order valence-corrected chi connectivity index (χ2v) is 5.99. The highest BCUT2D eigenvalue weighted by molar-refractivity contribution is 5.77. The lowest BCUT2D eigenvalue weighted by Gasteiger charge is -2.35. The molecule has 3 unspecified atom stereocenters. The van der Waals surface area contributed by atoms with Crippen LogP contribution in [0.15, 0.2) is 0 Å². The average molecular weight is 255 g/mol. The smallest absolute Gasteiger partial charge is 0.313 e. The van der Waals surface area contributed by atoms with Gasteiger partial charge in [-0.25, -0.2) is 0 Å². The summed E-state index contributed by atoms with van der Waals surface area (Å²) in [4.78, 5) is 12.3. The van der Waals surface area contributed by atoms with Crippen molar-refractivity contribution in [1.29, 1.82) is 0 Å². The van der Waals surface area contributed by atoms with Crippen LogP contribution < -0.4 is 5.73 Å². The Bertz CT molecular complexity index is 265. The number of rotatable bonds is 5. The van der Waals surface area contributed by atoms with Crippen molar-refractivity contribution in [3.8, 4) is 0 Å². The zero-order valence-corrected chi connectivity index (χ0v) is 12.4. The Kier molecular flexibility index (Phi) is 5.64. The molecule has 2 N–H and O–H groups in total. The number of hydrogen-bond donors (Lipinski definition) is 1. The van der Waals surface area contributed by atoms with Crippen molar-refractivity contribution >= 4 is 5.97 Å². The molecule has 0 heterocycles. The summed E-state index contributed by atoms with van der Waals surface area (Å²) >= 11 is 0. The van der Waals surface area contributed by atoms with E-state index in [9.17, 15) is 4.79 Å². The normalized spacial score (nSPS) is 29.1. The maximum absolute atomic E-state index is 12.3. The van der Waals surface area contributed by atoms with Gasteiger partial charge < -0.3 is 10.5 Å². The van der Waals surface area contributed by atoms with Crippen molar-refractivity contribution in [2.24, 2.45) is 23.0 Å². The maximum Gasteiger partial charge on any atom is 0.313 e. The van der Waals surface area contributed by atoms with Gasteiger partial charge in [-0.05, 0) is 43.9 Å². The third-order valence-corrected chi connectivity index (χ3v) is 5.00. The van der Waals surface area contributed by atoms with Gasteiger partial charge >= 0.3 is 5.97 Å². The minimum Gasteiger partial charge on any atom is -0.462 e. The van der Waals surface area contributed by atoms with E-state index in [1.54, 1.807) is 0 Å². The molecule has 0 radical (unpaired) electrons. The monoisotopic (exact) mass is 255 g/mol. The van der Waals surface area contributed by atoms with Gasteiger partial charge in [0.1, 0.15) is 6.10 Å². The zero-order chi connectivity index (χ0) is 13.8. The number of esters is 1. The Balaban J connectivity index is 2.59. The molecule has 0 aromatic heterocycles. The van der Waals surface area contributed by atoms with Gasteiger partial charge in [0.05, 0.1) is 5.41 Å². The summed E-state index contributed by atoms with van der Waals surface area (Å²) in [5, 5.41) is 0. The highest BCUT2D eigenvalue weighted by Crippen LogP contribution is 2.33. The zero-order valence-electron chi connectivity index (χ0n) is 12.4. The van der Waals surface area contributed by atoms with Crippen LogP contribution in [0.3, 0.4) is 0 Å². The van der Waals surface area contributed by atoms with Crippen molar-refractivity contribution in [2.75, 3.05) is 6.54 Å². The first kappa shape index (κ1) is 15.5. The number of ether oxygens (including phenoxy) is 1. The van der Waals surface area contributed by atoms with Crippen molar-refractivity contribution < 1.29 is 9.53 Å². The van der Waals surface area contributed by atoms with Gasteiger partial charge in [-0.3, -0.25) is 4.79 Å². The first-order valence-corrected chi connectivity index (χ1v) is 7.40. The van der Waals surface area contributed by atoms with Gasteiger partial charge in [0.15, 0.2) is 0 Å². The largest absolute Gasteiger partial charge is 0.462 e. The molecule has 1 aliphatic carbocycles. The number of nitrogens with two attached hydrogens (primary N) is 1. The third-order valence-electron chi connectivity index (χ3n) is 5.00. The molecule has 1 aliphatic rings. The van der Waals surface area contributed by atoms with E-state index in [0.29, 0.717) is 12.5 Å². The van der Waals surface area contributed by atoms with Crippen LogP contribution in [0.25, 0.3) is 0 Å². The van der Waals surface area contributed by atoms with Crippen LogP contribution in [0.5, 0.6) is 0 Å². The summed E-state index contributed by atoms with van der Waals surface area (Å²) in [6.45, 7) is 8.95. The van der Waals surface area contributed by atoms with E-state index in [0.717, 1.165) is 38.0 Å². The minimum atomic E-state index is -0.466. The van der Waals surface area contributed by atoms with Crippen molar-refractivity contribution in [3.05, 3.63) is 0 Å². The molecule has 1 saturated carbocycles. The molecule has 0 aliphatic heterocycles. The Labute approximate surface area is 111 Å². The predicted molar refractivity (Wildman–Crippen MR) is 74.1 cm³/mol. The Morgan fingerprint density at radius 1 is 1.22 bits per heavy atom. The summed E-state index contributed by atoms with van der Waals surface area (Å²) in [6, 6.07) is 0. The van der Waals surface area contributed by atoms with E-state index in [1.165, 1.54) is 0 Å². The topological polar surface area (TPSA) is 52.3 Å². The average Bonchev–Trinajstić information content (AvgIpc) is 2.37. The number of hydrogen-bond acceptors (Lipinski definition) is 3. The van der Waals surface area contributed by atoms with Crippen LogP contribution in [0, 0.1) is 17.3 Å². The summed E-state index contributed by atoms with van der Waals surface area (Å²) in [7, 11) is 0. The molecular weight excluding hydrogens is 226 g/mol. The van der Waals surface area contributed by atoms with E-state index in [1.807, 2.05) is 13.8 Å². The number of carbonyl (C=O) groups excluding carboxylic acids is 1. The molecule has 1 rings (SSSR count). The summed E-state index contributed by atoms with van der Waals surface area (Å²) < 4.78 is 5.73. The quantitative estimate of drug-likeness (QED) is 0.768. The fraction of sp³-hybridized carbons (Fsp3) is 0.933. The Morgan fingerprint density at radius 3 is 2.28 bits per heavy atom. The molecule has 3 atom stereocenters. The molecule has 18 heavy (non-hydrogen) atoms. The van der Waals surface area contributed by atoms with E-state index in [4.69, 9.17) is 10.5 Å². The minimum absolute atomic E-state index is 0.0817. The third kappa shape index (κ3) is 3.25. The maximum atomic E-state index is 12.3. The Morgan fingerprint density at radius 2 is 1.83 bits per heavy atom. The van der Waals surface area contributed by atoms with Crippen LogP contribution in [0.2, 0.25) is 0 Å². The van der Waals surface area contributed by atoms with Crippen molar-refractivity contribution in [1.82, 2.24) is 0 Å². The molecule has 0 saturated heterocycles. The standard InChI is InChI=1S/C15H29NO2/c1-5-15(6-2,10-16)14(17)18-13-8-7-11(3)12(4)9-13/h11-13H,5-10,16H2,1-4H3. The molecule has 0 amide bonds. The van der Waals surface area contributed by atoms with Crippen LogP contribution in [-0.4, -0.2) is 18.6 Å². The fourth-order valence-electron chi connectivity index (χ4n) is 2.79. The first-order valence-electron chi connectivity index (χ1n) is 7.40.